The summed E-state index contributed by atoms with van der Waals surface area (Å²) in [6, 6.07) is 0. The van der Waals surface area contributed by atoms with Gasteiger partial charge in [-0.25, -0.2) is 9.59 Å². The minimum absolute atomic E-state index is 0.650. The Kier molecular flexibility index (Phi) is 17.3. The van der Waals surface area contributed by atoms with Crippen molar-refractivity contribution in [3.63, 3.8) is 0 Å². The first-order valence-corrected chi connectivity index (χ1v) is 8.50. The van der Waals surface area contributed by atoms with Gasteiger partial charge in [-0.3, -0.25) is 4.90 Å². The molecule has 9 nitrogen and oxygen atoms in total. The van der Waals surface area contributed by atoms with Gasteiger partial charge in [0.25, 0.3) is 0 Å². The SMILES string of the molecule is COCCOCCOCCN1CCNCC1.O=C(O)C(F)(F)F.O=C(O)C(F)(F)F. The van der Waals surface area contributed by atoms with E-state index in [1.165, 1.54) is 0 Å². The van der Waals surface area contributed by atoms with Crippen molar-refractivity contribution in [1.82, 2.24) is 10.2 Å². The van der Waals surface area contributed by atoms with Gasteiger partial charge in [0.2, 0.25) is 0 Å². The predicted molar refractivity (Wildman–Crippen MR) is 90.2 cm³/mol. The Bertz CT molecular complexity index is 434. The number of carbonyl (C=O) groups is 2. The van der Waals surface area contributed by atoms with Gasteiger partial charge in [0.15, 0.2) is 0 Å². The molecule has 0 atom stereocenters. The van der Waals surface area contributed by atoms with Crippen LogP contribution in [-0.4, -0.2) is 112 Å². The Balaban J connectivity index is 0. The van der Waals surface area contributed by atoms with E-state index in [0.29, 0.717) is 26.4 Å². The molecular weight excluding hydrogens is 434 g/mol. The number of ether oxygens (including phenoxy) is 3. The molecular formula is C15H26F6N2O7. The number of carboxylic acids is 2. The number of alkyl halides is 6. The van der Waals surface area contributed by atoms with E-state index in [2.05, 4.69) is 10.2 Å². The van der Waals surface area contributed by atoms with Crippen LogP contribution in [0.25, 0.3) is 0 Å². The van der Waals surface area contributed by atoms with Crippen LogP contribution in [-0.2, 0) is 23.8 Å². The van der Waals surface area contributed by atoms with Crippen LogP contribution in [0.5, 0.6) is 0 Å². The minimum Gasteiger partial charge on any atom is -0.475 e. The zero-order valence-corrected chi connectivity index (χ0v) is 16.2. The van der Waals surface area contributed by atoms with Gasteiger partial charge in [0.05, 0.1) is 33.0 Å². The van der Waals surface area contributed by atoms with Crippen LogP contribution in [0.15, 0.2) is 0 Å². The highest BCUT2D eigenvalue weighted by molar-refractivity contribution is 5.73. The normalized spacial score (nSPS) is 14.8. The van der Waals surface area contributed by atoms with E-state index >= 15 is 0 Å². The number of methoxy groups -OCH3 is 1. The zero-order valence-electron chi connectivity index (χ0n) is 16.2. The molecule has 0 aliphatic carbocycles. The lowest BCUT2D eigenvalue weighted by molar-refractivity contribution is -0.193. The highest BCUT2D eigenvalue weighted by Gasteiger charge is 2.38. The summed E-state index contributed by atoms with van der Waals surface area (Å²) in [7, 11) is 1.67. The van der Waals surface area contributed by atoms with Gasteiger partial charge < -0.3 is 29.7 Å². The summed E-state index contributed by atoms with van der Waals surface area (Å²) in [5.74, 6) is -5.51. The van der Waals surface area contributed by atoms with Gasteiger partial charge in [-0.1, -0.05) is 0 Å². The third-order valence-electron chi connectivity index (χ3n) is 3.05. The molecule has 0 unspecified atom stereocenters. The highest BCUT2D eigenvalue weighted by atomic mass is 19.4. The van der Waals surface area contributed by atoms with Crippen LogP contribution in [0.2, 0.25) is 0 Å². The first-order valence-electron chi connectivity index (χ1n) is 8.50. The third-order valence-corrected chi connectivity index (χ3v) is 3.05. The fraction of sp³-hybridized carbons (Fsp3) is 0.867. The van der Waals surface area contributed by atoms with Crippen LogP contribution in [0.4, 0.5) is 26.3 Å². The van der Waals surface area contributed by atoms with Crippen molar-refractivity contribution in [3.05, 3.63) is 0 Å². The first kappa shape index (κ1) is 30.5. The lowest BCUT2D eigenvalue weighted by Crippen LogP contribution is -2.44. The average molecular weight is 460 g/mol. The molecule has 180 valence electrons. The lowest BCUT2D eigenvalue weighted by Gasteiger charge is -2.26. The summed E-state index contributed by atoms with van der Waals surface area (Å²) in [6.07, 6.45) is -10.2. The van der Waals surface area contributed by atoms with Gasteiger partial charge in [0, 0.05) is 39.8 Å². The Labute approximate surface area is 168 Å². The van der Waals surface area contributed by atoms with E-state index in [0.717, 1.165) is 39.3 Å². The summed E-state index contributed by atoms with van der Waals surface area (Å²) in [4.78, 5) is 20.2. The number of rotatable bonds is 9. The second-order valence-electron chi connectivity index (χ2n) is 5.42. The highest BCUT2D eigenvalue weighted by Crippen LogP contribution is 2.13. The van der Waals surface area contributed by atoms with Crippen LogP contribution >= 0.6 is 0 Å². The number of hydrogen-bond donors (Lipinski definition) is 3. The molecule has 1 fully saturated rings. The van der Waals surface area contributed by atoms with E-state index in [1.807, 2.05) is 0 Å². The molecule has 0 aromatic carbocycles. The van der Waals surface area contributed by atoms with E-state index in [1.54, 1.807) is 7.11 Å². The quantitative estimate of drug-likeness (QED) is 0.340. The van der Waals surface area contributed by atoms with E-state index < -0.39 is 24.3 Å². The standard InChI is InChI=1S/C11H24N2O3.2C2HF3O2/c1-14-8-9-16-11-10-15-7-6-13-4-2-12-3-5-13;2*3-2(4,5)1(6)7/h12H,2-11H2,1H3;2*(H,6,7). The van der Waals surface area contributed by atoms with Crippen LogP contribution in [0.1, 0.15) is 0 Å². The van der Waals surface area contributed by atoms with Gasteiger partial charge in [-0.2, -0.15) is 26.3 Å². The molecule has 0 bridgehead atoms. The molecule has 1 heterocycles. The van der Waals surface area contributed by atoms with Crippen LogP contribution in [0.3, 0.4) is 0 Å². The third kappa shape index (κ3) is 21.0. The van der Waals surface area contributed by atoms with E-state index in [9.17, 15) is 26.3 Å². The first-order chi connectivity index (χ1) is 13.8. The Morgan fingerprint density at radius 2 is 1.20 bits per heavy atom. The Hall–Kier alpha value is -1.68. The van der Waals surface area contributed by atoms with Crippen molar-refractivity contribution < 1.29 is 60.4 Å². The molecule has 0 aromatic rings. The zero-order chi connectivity index (χ0) is 23.6. The molecule has 1 rings (SSSR count). The van der Waals surface area contributed by atoms with E-state index in [-0.39, 0.29) is 0 Å². The minimum atomic E-state index is -5.08. The van der Waals surface area contributed by atoms with Crippen molar-refractivity contribution in [2.45, 2.75) is 12.4 Å². The van der Waals surface area contributed by atoms with Crippen molar-refractivity contribution in [3.8, 4) is 0 Å². The molecule has 0 amide bonds. The Morgan fingerprint density at radius 1 is 0.833 bits per heavy atom. The summed E-state index contributed by atoms with van der Waals surface area (Å²) in [5, 5.41) is 17.6. The maximum absolute atomic E-state index is 10.6. The monoisotopic (exact) mass is 460 g/mol. The van der Waals surface area contributed by atoms with E-state index in [4.69, 9.17) is 34.0 Å². The molecule has 1 saturated heterocycles. The molecule has 0 aromatic heterocycles. The number of carboxylic acid groups (broad SMARTS) is 2. The number of aliphatic carboxylic acids is 2. The molecule has 15 heteroatoms. The maximum atomic E-state index is 10.6. The second-order valence-corrected chi connectivity index (χ2v) is 5.42. The van der Waals surface area contributed by atoms with Crippen LogP contribution < -0.4 is 5.32 Å². The number of nitrogens with zero attached hydrogens (tertiary/aromatic N) is 1. The summed E-state index contributed by atoms with van der Waals surface area (Å²) in [6.45, 7) is 8.92. The second kappa shape index (κ2) is 17.0. The van der Waals surface area contributed by atoms with Gasteiger partial charge in [-0.05, 0) is 0 Å². The fourth-order valence-corrected chi connectivity index (χ4v) is 1.59. The number of hydrogen-bond acceptors (Lipinski definition) is 7. The van der Waals surface area contributed by atoms with Crippen molar-refractivity contribution in [1.29, 1.82) is 0 Å². The molecule has 1 aliphatic rings. The molecule has 0 saturated carbocycles. The Morgan fingerprint density at radius 3 is 1.57 bits per heavy atom. The number of halogens is 6. The topological polar surface area (TPSA) is 118 Å². The predicted octanol–water partition coefficient (Wildman–Crippen LogP) is 0.838. The number of nitrogens with one attached hydrogen (secondary N) is 1. The summed E-state index contributed by atoms with van der Waals surface area (Å²) < 4.78 is 79.1. The van der Waals surface area contributed by atoms with Crippen LogP contribution in [0, 0.1) is 0 Å². The molecule has 0 spiro atoms. The van der Waals surface area contributed by atoms with Crippen molar-refractivity contribution >= 4 is 11.9 Å². The summed E-state index contributed by atoms with van der Waals surface area (Å²) >= 11 is 0. The van der Waals surface area contributed by atoms with Crippen molar-refractivity contribution in [2.24, 2.45) is 0 Å². The van der Waals surface area contributed by atoms with Crippen molar-refractivity contribution in [2.75, 3.05) is 72.9 Å². The molecule has 1 aliphatic heterocycles. The number of piperazine rings is 1. The molecule has 30 heavy (non-hydrogen) atoms. The van der Waals surface area contributed by atoms with Gasteiger partial charge in [0.1, 0.15) is 0 Å². The fourth-order valence-electron chi connectivity index (χ4n) is 1.59. The van der Waals surface area contributed by atoms with Gasteiger partial charge in [-0.15, -0.1) is 0 Å². The maximum Gasteiger partial charge on any atom is 0.490 e. The molecule has 3 N–H and O–H groups in total. The smallest absolute Gasteiger partial charge is 0.475 e. The summed E-state index contributed by atoms with van der Waals surface area (Å²) in [5.41, 5.74) is 0. The largest absolute Gasteiger partial charge is 0.490 e. The average Bonchev–Trinajstić information content (AvgIpc) is 2.64. The van der Waals surface area contributed by atoms with Gasteiger partial charge >= 0.3 is 24.3 Å². The molecule has 0 radical (unpaired) electrons. The lowest BCUT2D eigenvalue weighted by atomic mass is 10.4.